The Balaban J connectivity index is 3.20. The maximum Gasteiger partial charge on any atom is 0.0325 e. The van der Waals surface area contributed by atoms with E-state index in [0.717, 1.165) is 21.3 Å². The SMILES string of the molecule is C=C(C)c1ccc(N)cc1Br. The Morgan fingerprint density at radius 2 is 2.18 bits per heavy atom. The molecule has 0 amide bonds. The summed E-state index contributed by atoms with van der Waals surface area (Å²) in [6.45, 7) is 5.81. The first kappa shape index (κ1) is 8.34. The van der Waals surface area contributed by atoms with Gasteiger partial charge in [-0.15, -0.1) is 0 Å². The van der Waals surface area contributed by atoms with E-state index in [4.69, 9.17) is 5.73 Å². The van der Waals surface area contributed by atoms with Gasteiger partial charge < -0.3 is 5.73 Å². The lowest BCUT2D eigenvalue weighted by atomic mass is 10.1. The van der Waals surface area contributed by atoms with Gasteiger partial charge in [0.05, 0.1) is 0 Å². The first-order valence-corrected chi connectivity index (χ1v) is 4.11. The zero-order chi connectivity index (χ0) is 8.43. The van der Waals surface area contributed by atoms with E-state index in [0.29, 0.717) is 0 Å². The molecule has 0 aliphatic rings. The highest BCUT2D eigenvalue weighted by Crippen LogP contribution is 2.24. The number of rotatable bonds is 1. The van der Waals surface area contributed by atoms with Crippen LogP contribution in [0.1, 0.15) is 12.5 Å². The number of hydrogen-bond acceptors (Lipinski definition) is 1. The minimum absolute atomic E-state index is 0.766. The minimum atomic E-state index is 0.766. The van der Waals surface area contributed by atoms with Gasteiger partial charge in [0.25, 0.3) is 0 Å². The third-order valence-corrected chi connectivity index (χ3v) is 2.11. The fourth-order valence-corrected chi connectivity index (χ4v) is 1.61. The summed E-state index contributed by atoms with van der Waals surface area (Å²) in [5.41, 5.74) is 8.48. The van der Waals surface area contributed by atoms with Gasteiger partial charge in [0.1, 0.15) is 0 Å². The first-order valence-electron chi connectivity index (χ1n) is 3.32. The van der Waals surface area contributed by atoms with E-state index in [9.17, 15) is 0 Å². The maximum absolute atomic E-state index is 5.57. The van der Waals surface area contributed by atoms with Gasteiger partial charge in [-0.05, 0) is 30.2 Å². The van der Waals surface area contributed by atoms with Gasteiger partial charge in [-0.25, -0.2) is 0 Å². The monoisotopic (exact) mass is 211 g/mol. The molecule has 0 aliphatic carbocycles. The van der Waals surface area contributed by atoms with Gasteiger partial charge in [-0.1, -0.05) is 28.6 Å². The van der Waals surface area contributed by atoms with E-state index in [1.165, 1.54) is 0 Å². The molecule has 11 heavy (non-hydrogen) atoms. The van der Waals surface area contributed by atoms with Crippen LogP contribution >= 0.6 is 15.9 Å². The van der Waals surface area contributed by atoms with Crippen LogP contribution in [0.2, 0.25) is 0 Å². The van der Waals surface area contributed by atoms with Crippen LogP contribution in [-0.2, 0) is 0 Å². The molecule has 1 aromatic rings. The molecule has 0 saturated heterocycles. The zero-order valence-corrected chi connectivity index (χ0v) is 7.98. The number of nitrogens with two attached hydrogens (primary N) is 1. The number of benzene rings is 1. The Kier molecular flexibility index (Phi) is 2.35. The third-order valence-electron chi connectivity index (χ3n) is 1.45. The van der Waals surface area contributed by atoms with Crippen LogP contribution in [0.3, 0.4) is 0 Å². The molecule has 0 spiro atoms. The molecule has 0 atom stereocenters. The summed E-state index contributed by atoms with van der Waals surface area (Å²) in [6.07, 6.45) is 0. The normalized spacial score (nSPS) is 9.64. The van der Waals surface area contributed by atoms with E-state index in [-0.39, 0.29) is 0 Å². The number of nitrogen functional groups attached to an aromatic ring is 1. The van der Waals surface area contributed by atoms with E-state index in [2.05, 4.69) is 22.5 Å². The number of allylic oxidation sites excluding steroid dienone is 1. The van der Waals surface area contributed by atoms with Crippen molar-refractivity contribution in [3.63, 3.8) is 0 Å². The zero-order valence-electron chi connectivity index (χ0n) is 6.39. The van der Waals surface area contributed by atoms with Crippen LogP contribution in [-0.4, -0.2) is 0 Å². The molecule has 2 heteroatoms. The second-order valence-electron chi connectivity index (χ2n) is 2.52. The van der Waals surface area contributed by atoms with E-state index < -0.39 is 0 Å². The van der Waals surface area contributed by atoms with E-state index >= 15 is 0 Å². The molecule has 0 aliphatic heterocycles. The number of halogens is 1. The van der Waals surface area contributed by atoms with Crippen LogP contribution in [0.15, 0.2) is 29.3 Å². The van der Waals surface area contributed by atoms with Crippen LogP contribution in [0.25, 0.3) is 5.57 Å². The van der Waals surface area contributed by atoms with Crippen molar-refractivity contribution in [3.8, 4) is 0 Å². The van der Waals surface area contributed by atoms with Gasteiger partial charge in [0, 0.05) is 10.2 Å². The van der Waals surface area contributed by atoms with Crippen molar-refractivity contribution in [2.45, 2.75) is 6.92 Å². The van der Waals surface area contributed by atoms with E-state index in [1.54, 1.807) is 0 Å². The summed E-state index contributed by atoms with van der Waals surface area (Å²) in [4.78, 5) is 0. The Labute approximate surface area is 75.0 Å². The average molecular weight is 212 g/mol. The lowest BCUT2D eigenvalue weighted by Gasteiger charge is -2.03. The molecule has 0 bridgehead atoms. The molecule has 0 heterocycles. The van der Waals surface area contributed by atoms with Crippen molar-refractivity contribution in [3.05, 3.63) is 34.8 Å². The molecule has 0 fully saturated rings. The summed E-state index contributed by atoms with van der Waals surface area (Å²) < 4.78 is 1.00. The van der Waals surface area contributed by atoms with Crippen LogP contribution in [0.5, 0.6) is 0 Å². The molecule has 1 aromatic carbocycles. The van der Waals surface area contributed by atoms with Crippen LogP contribution < -0.4 is 5.73 Å². The lowest BCUT2D eigenvalue weighted by molar-refractivity contribution is 1.53. The summed E-state index contributed by atoms with van der Waals surface area (Å²) in [5, 5.41) is 0. The molecule has 0 saturated carbocycles. The Bertz CT molecular complexity index is 292. The van der Waals surface area contributed by atoms with Crippen molar-refractivity contribution in [2.75, 3.05) is 5.73 Å². The quantitative estimate of drug-likeness (QED) is 0.711. The molecule has 1 nitrogen and oxygen atoms in total. The first-order chi connectivity index (χ1) is 5.11. The topological polar surface area (TPSA) is 26.0 Å². The molecule has 0 unspecified atom stereocenters. The summed E-state index contributed by atoms with van der Waals surface area (Å²) in [5.74, 6) is 0. The van der Waals surface area contributed by atoms with Crippen LogP contribution in [0.4, 0.5) is 5.69 Å². The van der Waals surface area contributed by atoms with Crippen molar-refractivity contribution >= 4 is 27.2 Å². The van der Waals surface area contributed by atoms with Gasteiger partial charge in [0.2, 0.25) is 0 Å². The Morgan fingerprint density at radius 1 is 1.55 bits per heavy atom. The molecule has 0 aromatic heterocycles. The van der Waals surface area contributed by atoms with Gasteiger partial charge >= 0.3 is 0 Å². The standard InChI is InChI=1S/C9H10BrN/c1-6(2)8-4-3-7(11)5-9(8)10/h3-5H,1,11H2,2H3. The Morgan fingerprint density at radius 3 is 2.64 bits per heavy atom. The second kappa shape index (κ2) is 3.09. The van der Waals surface area contributed by atoms with Crippen LogP contribution in [0, 0.1) is 0 Å². The largest absolute Gasteiger partial charge is 0.399 e. The Hall–Kier alpha value is -0.760. The highest BCUT2D eigenvalue weighted by Gasteiger charge is 1.98. The summed E-state index contributed by atoms with van der Waals surface area (Å²) in [7, 11) is 0. The third kappa shape index (κ3) is 1.84. The molecular weight excluding hydrogens is 202 g/mol. The smallest absolute Gasteiger partial charge is 0.0325 e. The molecule has 2 N–H and O–H groups in total. The van der Waals surface area contributed by atoms with Crippen molar-refractivity contribution in [1.29, 1.82) is 0 Å². The fourth-order valence-electron chi connectivity index (χ4n) is 0.877. The number of hydrogen-bond donors (Lipinski definition) is 1. The molecule has 0 radical (unpaired) electrons. The lowest BCUT2D eigenvalue weighted by Crippen LogP contribution is -1.86. The predicted molar refractivity (Wildman–Crippen MR) is 53.3 cm³/mol. The fraction of sp³-hybridized carbons (Fsp3) is 0.111. The highest BCUT2D eigenvalue weighted by molar-refractivity contribution is 9.10. The highest BCUT2D eigenvalue weighted by atomic mass is 79.9. The second-order valence-corrected chi connectivity index (χ2v) is 3.37. The van der Waals surface area contributed by atoms with E-state index in [1.807, 2.05) is 25.1 Å². The maximum atomic E-state index is 5.57. The molecular formula is C9H10BrN. The molecule has 1 rings (SSSR count). The van der Waals surface area contributed by atoms with Crippen molar-refractivity contribution in [2.24, 2.45) is 0 Å². The van der Waals surface area contributed by atoms with Crippen molar-refractivity contribution in [1.82, 2.24) is 0 Å². The summed E-state index contributed by atoms with van der Waals surface area (Å²) >= 11 is 3.41. The number of anilines is 1. The van der Waals surface area contributed by atoms with Gasteiger partial charge in [-0.3, -0.25) is 0 Å². The molecule has 58 valence electrons. The average Bonchev–Trinajstić information content (AvgIpc) is 1.85. The predicted octanol–water partition coefficient (Wildman–Crippen LogP) is 3.06. The van der Waals surface area contributed by atoms with Gasteiger partial charge in [-0.2, -0.15) is 0 Å². The van der Waals surface area contributed by atoms with Gasteiger partial charge in [0.15, 0.2) is 0 Å². The minimum Gasteiger partial charge on any atom is -0.399 e. The van der Waals surface area contributed by atoms with Crippen molar-refractivity contribution < 1.29 is 0 Å². The summed E-state index contributed by atoms with van der Waals surface area (Å²) in [6, 6.07) is 5.71.